The van der Waals surface area contributed by atoms with Crippen LogP contribution in [-0.2, 0) is 4.79 Å². The number of allylic oxidation sites excluding steroid dienone is 2. The Labute approximate surface area is 206 Å². The number of methoxy groups -OCH3 is 2. The maximum atomic E-state index is 12.5. The molecule has 0 aliphatic carbocycles. The molecule has 0 bridgehead atoms. The summed E-state index contributed by atoms with van der Waals surface area (Å²) >= 11 is 3.43. The van der Waals surface area contributed by atoms with Gasteiger partial charge in [0.05, 0.1) is 19.7 Å². The number of halogens is 1. The molecule has 1 heterocycles. The predicted molar refractivity (Wildman–Crippen MR) is 139 cm³/mol. The van der Waals surface area contributed by atoms with Crippen molar-refractivity contribution in [2.45, 2.75) is 0 Å². The molecule has 34 heavy (non-hydrogen) atoms. The van der Waals surface area contributed by atoms with E-state index in [2.05, 4.69) is 20.9 Å². The smallest absolute Gasteiger partial charge is 0.227 e. The Kier molecular flexibility index (Phi) is 7.40. The third-order valence-electron chi connectivity index (χ3n) is 5.02. The van der Waals surface area contributed by atoms with Crippen molar-refractivity contribution >= 4 is 44.8 Å². The lowest BCUT2D eigenvalue weighted by atomic mass is 10.1. The second-order valence-electron chi connectivity index (χ2n) is 7.31. The lowest BCUT2D eigenvalue weighted by molar-refractivity contribution is -0.110. The fourth-order valence-electron chi connectivity index (χ4n) is 3.29. The van der Waals surface area contributed by atoms with Gasteiger partial charge in [-0.15, -0.1) is 0 Å². The van der Waals surface area contributed by atoms with Gasteiger partial charge in [0.2, 0.25) is 5.88 Å². The fraction of sp³-hybridized carbons (Fsp3) is 0.0714. The van der Waals surface area contributed by atoms with Crippen LogP contribution in [0.25, 0.3) is 23.1 Å². The minimum atomic E-state index is -0.169. The molecule has 0 atom stereocenters. The van der Waals surface area contributed by atoms with E-state index in [1.165, 1.54) is 12.2 Å². The third-order valence-corrected chi connectivity index (χ3v) is 5.55. The Hall–Kier alpha value is -3.90. The second kappa shape index (κ2) is 10.8. The Morgan fingerprint density at radius 1 is 0.853 bits per heavy atom. The first-order valence-corrected chi connectivity index (χ1v) is 11.3. The molecule has 0 fully saturated rings. The molecule has 5 nitrogen and oxygen atoms in total. The van der Waals surface area contributed by atoms with Gasteiger partial charge in [-0.3, -0.25) is 4.79 Å². The van der Waals surface area contributed by atoms with Crippen molar-refractivity contribution in [3.8, 4) is 23.1 Å². The van der Waals surface area contributed by atoms with Crippen molar-refractivity contribution in [3.63, 3.8) is 0 Å². The number of para-hydroxylation sites is 1. The maximum Gasteiger partial charge on any atom is 0.227 e. The van der Waals surface area contributed by atoms with E-state index in [0.29, 0.717) is 28.7 Å². The Bertz CT molecular complexity index is 1380. The number of carbonyl (C=O) groups excluding carboxylic acids is 1. The number of ketones is 1. The van der Waals surface area contributed by atoms with Crippen molar-refractivity contribution in [1.82, 2.24) is 4.98 Å². The van der Waals surface area contributed by atoms with Crippen LogP contribution >= 0.6 is 15.9 Å². The van der Waals surface area contributed by atoms with E-state index in [4.69, 9.17) is 14.2 Å². The minimum absolute atomic E-state index is 0.169. The first-order valence-electron chi connectivity index (χ1n) is 10.5. The Balaban J connectivity index is 1.58. The second-order valence-corrected chi connectivity index (χ2v) is 8.23. The number of ether oxygens (including phenoxy) is 3. The lowest BCUT2D eigenvalue weighted by Gasteiger charge is -2.09. The van der Waals surface area contributed by atoms with E-state index in [0.717, 1.165) is 20.9 Å². The zero-order valence-corrected chi connectivity index (χ0v) is 20.3. The van der Waals surface area contributed by atoms with Crippen LogP contribution in [0.4, 0.5) is 0 Å². The number of nitrogens with zero attached hydrogens (tertiary/aromatic N) is 1. The number of rotatable bonds is 8. The summed E-state index contributed by atoms with van der Waals surface area (Å²) in [5.41, 5.74) is 2.34. The first-order chi connectivity index (χ1) is 16.6. The molecule has 0 unspecified atom stereocenters. The van der Waals surface area contributed by atoms with Crippen LogP contribution in [0, 0.1) is 0 Å². The number of fused-ring (bicyclic) bond motifs is 1. The largest absolute Gasteiger partial charge is 0.493 e. The van der Waals surface area contributed by atoms with Crippen molar-refractivity contribution < 1.29 is 19.0 Å². The van der Waals surface area contributed by atoms with E-state index in [1.54, 1.807) is 32.4 Å². The zero-order valence-electron chi connectivity index (χ0n) is 18.7. The summed E-state index contributed by atoms with van der Waals surface area (Å²) in [6.07, 6.45) is 6.44. The highest BCUT2D eigenvalue weighted by Gasteiger charge is 2.08. The van der Waals surface area contributed by atoms with Gasteiger partial charge in [-0.25, -0.2) is 4.98 Å². The van der Waals surface area contributed by atoms with E-state index in [-0.39, 0.29) is 5.78 Å². The third kappa shape index (κ3) is 5.71. The predicted octanol–water partition coefficient (Wildman–Crippen LogP) is 7.10. The number of hydrogen-bond acceptors (Lipinski definition) is 5. The monoisotopic (exact) mass is 515 g/mol. The number of pyridine rings is 1. The van der Waals surface area contributed by atoms with Crippen molar-refractivity contribution in [2.24, 2.45) is 0 Å². The van der Waals surface area contributed by atoms with Crippen LogP contribution in [0.2, 0.25) is 0 Å². The van der Waals surface area contributed by atoms with Crippen LogP contribution < -0.4 is 14.2 Å². The van der Waals surface area contributed by atoms with Crippen LogP contribution in [0.3, 0.4) is 0 Å². The summed E-state index contributed by atoms with van der Waals surface area (Å²) in [6.45, 7) is 0. The summed E-state index contributed by atoms with van der Waals surface area (Å²) in [6, 6.07) is 22.7. The van der Waals surface area contributed by atoms with E-state index in [9.17, 15) is 4.79 Å². The standard InChI is InChI=1S/C28H22BrNO4/c1-32-26-16-8-19(17-27(26)33-2)7-12-23(31)13-9-21-18-20-5-3-4-6-25(20)30-28(21)34-24-14-10-22(29)11-15-24/h3-18H,1-2H3/b12-7+,13-9+. The van der Waals surface area contributed by atoms with Gasteiger partial charge in [0, 0.05) is 15.4 Å². The lowest BCUT2D eigenvalue weighted by Crippen LogP contribution is -1.93. The Morgan fingerprint density at radius 2 is 1.59 bits per heavy atom. The van der Waals surface area contributed by atoms with Crippen LogP contribution in [0.5, 0.6) is 23.1 Å². The van der Waals surface area contributed by atoms with Crippen molar-refractivity contribution in [2.75, 3.05) is 14.2 Å². The molecule has 170 valence electrons. The summed E-state index contributed by atoms with van der Waals surface area (Å²) in [7, 11) is 3.16. The van der Waals surface area contributed by atoms with E-state index < -0.39 is 0 Å². The van der Waals surface area contributed by atoms with Gasteiger partial charge in [-0.05, 0) is 72.3 Å². The van der Waals surface area contributed by atoms with Crippen LogP contribution in [0.1, 0.15) is 11.1 Å². The molecule has 0 saturated carbocycles. The number of hydrogen-bond donors (Lipinski definition) is 0. The number of carbonyl (C=O) groups is 1. The SMILES string of the molecule is COc1ccc(/C=C/C(=O)/C=C/c2cc3ccccc3nc2Oc2ccc(Br)cc2)cc1OC. The van der Waals surface area contributed by atoms with E-state index >= 15 is 0 Å². The molecule has 0 aliphatic rings. The summed E-state index contributed by atoms with van der Waals surface area (Å²) in [4.78, 5) is 17.2. The average Bonchev–Trinajstić information content (AvgIpc) is 2.87. The highest BCUT2D eigenvalue weighted by molar-refractivity contribution is 9.10. The molecule has 3 aromatic carbocycles. The first kappa shape index (κ1) is 23.3. The molecule has 0 spiro atoms. The maximum absolute atomic E-state index is 12.5. The van der Waals surface area contributed by atoms with Crippen molar-refractivity contribution in [3.05, 3.63) is 101 Å². The van der Waals surface area contributed by atoms with Gasteiger partial charge >= 0.3 is 0 Å². The minimum Gasteiger partial charge on any atom is -0.493 e. The molecule has 0 amide bonds. The summed E-state index contributed by atoms with van der Waals surface area (Å²) in [5.74, 6) is 2.14. The molecule has 6 heteroatoms. The van der Waals surface area contributed by atoms with Crippen LogP contribution in [-0.4, -0.2) is 25.0 Å². The van der Waals surface area contributed by atoms with Crippen molar-refractivity contribution in [1.29, 1.82) is 0 Å². The highest BCUT2D eigenvalue weighted by Crippen LogP contribution is 2.29. The fourth-order valence-corrected chi connectivity index (χ4v) is 3.56. The van der Waals surface area contributed by atoms with Gasteiger partial charge in [-0.1, -0.05) is 46.3 Å². The van der Waals surface area contributed by atoms with Gasteiger partial charge < -0.3 is 14.2 Å². The molecular formula is C28H22BrNO4. The molecule has 1 aromatic heterocycles. The van der Waals surface area contributed by atoms with Gasteiger partial charge in [-0.2, -0.15) is 0 Å². The van der Waals surface area contributed by atoms with Gasteiger partial charge in [0.25, 0.3) is 0 Å². The molecule has 0 N–H and O–H groups in total. The summed E-state index contributed by atoms with van der Waals surface area (Å²) in [5, 5.41) is 0.957. The number of aromatic nitrogens is 1. The number of benzene rings is 3. The zero-order chi connectivity index (χ0) is 23.9. The normalized spacial score (nSPS) is 11.3. The molecule has 4 rings (SSSR count). The molecule has 0 saturated heterocycles. The average molecular weight is 516 g/mol. The van der Waals surface area contributed by atoms with Crippen LogP contribution in [0.15, 0.2) is 89.4 Å². The molecule has 0 radical (unpaired) electrons. The molecular weight excluding hydrogens is 494 g/mol. The highest BCUT2D eigenvalue weighted by atomic mass is 79.9. The summed E-state index contributed by atoms with van der Waals surface area (Å²) < 4.78 is 17.6. The Morgan fingerprint density at radius 3 is 2.35 bits per heavy atom. The molecule has 4 aromatic rings. The van der Waals surface area contributed by atoms with Gasteiger partial charge in [0.1, 0.15) is 5.75 Å². The topological polar surface area (TPSA) is 57.7 Å². The van der Waals surface area contributed by atoms with E-state index in [1.807, 2.05) is 66.7 Å². The van der Waals surface area contributed by atoms with Gasteiger partial charge in [0.15, 0.2) is 17.3 Å². The quantitative estimate of drug-likeness (QED) is 0.234. The molecule has 0 aliphatic heterocycles.